The van der Waals surface area contributed by atoms with Crippen LogP contribution in [-0.2, 0) is 11.3 Å². The molecule has 0 saturated heterocycles. The summed E-state index contributed by atoms with van der Waals surface area (Å²) in [5.41, 5.74) is 1.63. The molecule has 0 aliphatic carbocycles. The molecule has 0 spiro atoms. The molecule has 140 valence electrons. The largest absolute Gasteiger partial charge is 0.497 e. The lowest BCUT2D eigenvalue weighted by molar-refractivity contribution is -0.120. The van der Waals surface area contributed by atoms with Gasteiger partial charge in [0.2, 0.25) is 5.91 Å². The second kappa shape index (κ2) is 9.10. The minimum absolute atomic E-state index is 0.107. The first-order valence-corrected chi connectivity index (χ1v) is 8.35. The topological polar surface area (TPSA) is 60.0 Å². The van der Waals surface area contributed by atoms with Gasteiger partial charge >= 0.3 is 0 Å². The van der Waals surface area contributed by atoms with E-state index in [2.05, 4.69) is 5.32 Å². The molecular weight excluding hydrogens is 332 g/mol. The Hall–Kier alpha value is -2.73. The number of benzene rings is 2. The Morgan fingerprint density at radius 3 is 2.38 bits per heavy atom. The van der Waals surface area contributed by atoms with Crippen molar-refractivity contribution in [1.82, 2.24) is 4.90 Å². The van der Waals surface area contributed by atoms with Gasteiger partial charge in [-0.3, -0.25) is 9.69 Å². The fourth-order valence-corrected chi connectivity index (χ4v) is 2.57. The van der Waals surface area contributed by atoms with Crippen LogP contribution in [0, 0.1) is 0 Å². The number of methoxy groups -OCH3 is 3. The highest BCUT2D eigenvalue weighted by Crippen LogP contribution is 2.26. The first-order chi connectivity index (χ1) is 12.5. The molecule has 0 heterocycles. The summed E-state index contributed by atoms with van der Waals surface area (Å²) < 4.78 is 15.9. The maximum absolute atomic E-state index is 12.6. The van der Waals surface area contributed by atoms with Crippen LogP contribution in [0.5, 0.6) is 17.2 Å². The number of hydrogen-bond acceptors (Lipinski definition) is 5. The lowest BCUT2D eigenvalue weighted by atomic mass is 10.1. The average Bonchev–Trinajstić information content (AvgIpc) is 2.67. The van der Waals surface area contributed by atoms with Gasteiger partial charge in [0.05, 0.1) is 33.1 Å². The highest BCUT2D eigenvalue weighted by Gasteiger charge is 2.20. The molecule has 0 aliphatic heterocycles. The summed E-state index contributed by atoms with van der Waals surface area (Å²) in [7, 11) is 6.72. The van der Waals surface area contributed by atoms with E-state index in [4.69, 9.17) is 14.2 Å². The van der Waals surface area contributed by atoms with Crippen molar-refractivity contribution in [1.29, 1.82) is 0 Å². The fraction of sp³-hybridized carbons (Fsp3) is 0.350. The average molecular weight is 358 g/mol. The highest BCUT2D eigenvalue weighted by molar-refractivity contribution is 5.95. The smallest absolute Gasteiger partial charge is 0.241 e. The molecule has 0 aliphatic rings. The van der Waals surface area contributed by atoms with Crippen LogP contribution < -0.4 is 19.5 Å². The number of amides is 1. The molecule has 0 fully saturated rings. The van der Waals surface area contributed by atoms with Crippen molar-refractivity contribution >= 4 is 11.6 Å². The molecule has 0 bridgehead atoms. The first-order valence-electron chi connectivity index (χ1n) is 8.35. The number of carbonyl (C=O) groups is 1. The number of carbonyl (C=O) groups excluding carboxylic acids is 1. The standard InChI is InChI=1S/C20H26N2O4/c1-14(20(23)21-17-8-6-7-9-18(17)25-4)22(2)13-15-10-11-16(24-3)12-19(15)26-5/h6-12,14H,13H2,1-5H3,(H,21,23)/t14-/m0/s1. The van der Waals surface area contributed by atoms with E-state index in [1.165, 1.54) is 0 Å². The van der Waals surface area contributed by atoms with Crippen LogP contribution in [0.3, 0.4) is 0 Å². The number of hydrogen-bond donors (Lipinski definition) is 1. The third-order valence-electron chi connectivity index (χ3n) is 4.32. The minimum Gasteiger partial charge on any atom is -0.497 e. The second-order valence-electron chi connectivity index (χ2n) is 5.96. The normalized spacial score (nSPS) is 11.8. The number of nitrogens with one attached hydrogen (secondary N) is 1. The molecule has 1 amide bonds. The number of para-hydroxylation sites is 2. The summed E-state index contributed by atoms with van der Waals surface area (Å²) in [4.78, 5) is 14.6. The summed E-state index contributed by atoms with van der Waals surface area (Å²) in [6.07, 6.45) is 0. The summed E-state index contributed by atoms with van der Waals surface area (Å²) in [6.45, 7) is 2.43. The third kappa shape index (κ3) is 4.67. The third-order valence-corrected chi connectivity index (χ3v) is 4.32. The van der Waals surface area contributed by atoms with E-state index in [0.29, 0.717) is 18.0 Å². The molecule has 2 rings (SSSR count). The van der Waals surface area contributed by atoms with E-state index in [9.17, 15) is 4.79 Å². The first kappa shape index (κ1) is 19.6. The summed E-state index contributed by atoms with van der Waals surface area (Å²) in [5.74, 6) is 1.99. The lowest BCUT2D eigenvalue weighted by Crippen LogP contribution is -2.39. The minimum atomic E-state index is -0.341. The van der Waals surface area contributed by atoms with Crippen LogP contribution in [0.15, 0.2) is 42.5 Å². The molecule has 26 heavy (non-hydrogen) atoms. The zero-order chi connectivity index (χ0) is 19.1. The summed E-state index contributed by atoms with van der Waals surface area (Å²) in [6, 6.07) is 12.7. The predicted molar refractivity (Wildman–Crippen MR) is 102 cm³/mol. The van der Waals surface area contributed by atoms with E-state index in [1.54, 1.807) is 21.3 Å². The van der Waals surface area contributed by atoms with Gasteiger partial charge in [0.15, 0.2) is 0 Å². The van der Waals surface area contributed by atoms with Gasteiger partial charge < -0.3 is 19.5 Å². The molecule has 1 N–H and O–H groups in total. The van der Waals surface area contributed by atoms with Gasteiger partial charge in [-0.15, -0.1) is 0 Å². The molecule has 2 aromatic rings. The Kier molecular flexibility index (Phi) is 6.86. The van der Waals surface area contributed by atoms with Crippen molar-refractivity contribution in [3.63, 3.8) is 0 Å². The Balaban J connectivity index is 2.07. The van der Waals surface area contributed by atoms with Gasteiger partial charge in [-0.1, -0.05) is 18.2 Å². The Labute approximate surface area is 154 Å². The predicted octanol–water partition coefficient (Wildman–Crippen LogP) is 3.17. The molecule has 6 heteroatoms. The quantitative estimate of drug-likeness (QED) is 0.785. The van der Waals surface area contributed by atoms with Crippen LogP contribution in [0.2, 0.25) is 0 Å². The Morgan fingerprint density at radius 1 is 1.04 bits per heavy atom. The van der Waals surface area contributed by atoms with E-state index >= 15 is 0 Å². The monoisotopic (exact) mass is 358 g/mol. The number of likely N-dealkylation sites (N-methyl/N-ethyl adjacent to an activating group) is 1. The van der Waals surface area contributed by atoms with Gasteiger partial charge in [0, 0.05) is 18.2 Å². The second-order valence-corrected chi connectivity index (χ2v) is 5.96. The Bertz CT molecular complexity index is 748. The Morgan fingerprint density at radius 2 is 1.73 bits per heavy atom. The molecule has 6 nitrogen and oxygen atoms in total. The van der Waals surface area contributed by atoms with E-state index < -0.39 is 0 Å². The van der Waals surface area contributed by atoms with E-state index in [-0.39, 0.29) is 11.9 Å². The highest BCUT2D eigenvalue weighted by atomic mass is 16.5. The molecular formula is C20H26N2O4. The van der Waals surface area contributed by atoms with Crippen molar-refractivity contribution < 1.29 is 19.0 Å². The SMILES string of the molecule is COc1ccc(CN(C)[C@@H](C)C(=O)Nc2ccccc2OC)c(OC)c1. The van der Waals surface area contributed by atoms with Crippen LogP contribution in [-0.4, -0.2) is 45.2 Å². The maximum Gasteiger partial charge on any atom is 0.241 e. The van der Waals surface area contributed by atoms with Crippen molar-refractivity contribution in [3.05, 3.63) is 48.0 Å². The molecule has 2 aromatic carbocycles. The van der Waals surface area contributed by atoms with Gasteiger partial charge in [0.1, 0.15) is 17.2 Å². The maximum atomic E-state index is 12.6. The van der Waals surface area contributed by atoms with E-state index in [0.717, 1.165) is 17.1 Å². The zero-order valence-electron chi connectivity index (χ0n) is 15.9. The lowest BCUT2D eigenvalue weighted by Gasteiger charge is -2.25. The molecule has 0 aromatic heterocycles. The van der Waals surface area contributed by atoms with Gasteiger partial charge in [-0.25, -0.2) is 0 Å². The summed E-state index contributed by atoms with van der Waals surface area (Å²) in [5, 5.41) is 2.92. The van der Waals surface area contributed by atoms with Crippen LogP contribution in [0.25, 0.3) is 0 Å². The van der Waals surface area contributed by atoms with E-state index in [1.807, 2.05) is 61.3 Å². The van der Waals surface area contributed by atoms with Gasteiger partial charge in [-0.2, -0.15) is 0 Å². The summed E-state index contributed by atoms with van der Waals surface area (Å²) >= 11 is 0. The van der Waals surface area contributed by atoms with Gasteiger partial charge in [-0.05, 0) is 32.2 Å². The number of anilines is 1. The van der Waals surface area contributed by atoms with Crippen molar-refractivity contribution in [3.8, 4) is 17.2 Å². The fourth-order valence-electron chi connectivity index (χ4n) is 2.57. The number of nitrogens with zero attached hydrogens (tertiary/aromatic N) is 1. The number of rotatable bonds is 8. The van der Waals surface area contributed by atoms with Crippen LogP contribution >= 0.6 is 0 Å². The zero-order valence-corrected chi connectivity index (χ0v) is 15.9. The van der Waals surface area contributed by atoms with Crippen LogP contribution in [0.1, 0.15) is 12.5 Å². The van der Waals surface area contributed by atoms with Crippen LogP contribution in [0.4, 0.5) is 5.69 Å². The van der Waals surface area contributed by atoms with Crippen molar-refractivity contribution in [2.24, 2.45) is 0 Å². The molecule has 1 atom stereocenters. The van der Waals surface area contributed by atoms with Crippen molar-refractivity contribution in [2.45, 2.75) is 19.5 Å². The molecule has 0 unspecified atom stereocenters. The molecule has 0 radical (unpaired) electrons. The van der Waals surface area contributed by atoms with Crippen molar-refractivity contribution in [2.75, 3.05) is 33.7 Å². The molecule has 0 saturated carbocycles. The van der Waals surface area contributed by atoms with Gasteiger partial charge in [0.25, 0.3) is 0 Å². The number of ether oxygens (including phenoxy) is 3.